The van der Waals surface area contributed by atoms with Crippen LogP contribution in [0.25, 0.3) is 0 Å². The van der Waals surface area contributed by atoms with E-state index in [1.807, 2.05) is 31.2 Å². The van der Waals surface area contributed by atoms with Gasteiger partial charge in [0.2, 0.25) is 11.8 Å². The first kappa shape index (κ1) is 17.9. The Morgan fingerprint density at radius 2 is 1.80 bits per heavy atom. The van der Waals surface area contributed by atoms with Crippen molar-refractivity contribution in [2.24, 2.45) is 11.8 Å². The Hall–Kier alpha value is -1.92. The van der Waals surface area contributed by atoms with E-state index < -0.39 is 0 Å². The zero-order valence-corrected chi connectivity index (χ0v) is 14.8. The second kappa shape index (κ2) is 8.45. The van der Waals surface area contributed by atoms with Gasteiger partial charge in [-0.05, 0) is 24.5 Å². The summed E-state index contributed by atoms with van der Waals surface area (Å²) in [6.45, 7) is 7.39. The topological polar surface area (TPSA) is 70.7 Å². The van der Waals surface area contributed by atoms with Gasteiger partial charge in [0.1, 0.15) is 0 Å². The van der Waals surface area contributed by atoms with Crippen molar-refractivity contribution in [2.45, 2.75) is 19.9 Å². The minimum absolute atomic E-state index is 0.00398. The standard InChI is InChI=1S/C19H27N3O3/c1-14-4-2-3-5-15(14)13-21-19(24)17-12-16(17)18(23)20-6-7-22-8-10-25-11-9-22/h2-5,16-17H,6-13H2,1H3,(H,20,23)(H,21,24). The van der Waals surface area contributed by atoms with E-state index in [1.165, 1.54) is 0 Å². The maximum absolute atomic E-state index is 12.2. The fourth-order valence-corrected chi connectivity index (χ4v) is 3.19. The normalized spacial score (nSPS) is 23.1. The molecule has 1 saturated carbocycles. The molecule has 1 heterocycles. The summed E-state index contributed by atoms with van der Waals surface area (Å²) in [5.41, 5.74) is 2.28. The molecule has 2 aliphatic rings. The SMILES string of the molecule is Cc1ccccc1CNC(=O)C1CC1C(=O)NCCN1CCOCC1. The highest BCUT2D eigenvalue weighted by Crippen LogP contribution is 2.38. The summed E-state index contributed by atoms with van der Waals surface area (Å²) in [6, 6.07) is 8.00. The second-order valence-electron chi connectivity index (χ2n) is 6.84. The van der Waals surface area contributed by atoms with Crippen LogP contribution in [0.1, 0.15) is 17.5 Å². The van der Waals surface area contributed by atoms with Crippen molar-refractivity contribution in [3.8, 4) is 0 Å². The van der Waals surface area contributed by atoms with Gasteiger partial charge in [0, 0.05) is 32.7 Å². The van der Waals surface area contributed by atoms with Crippen LogP contribution in [0, 0.1) is 18.8 Å². The van der Waals surface area contributed by atoms with Gasteiger partial charge in [0.15, 0.2) is 0 Å². The average molecular weight is 345 g/mol. The van der Waals surface area contributed by atoms with Crippen molar-refractivity contribution >= 4 is 11.8 Å². The molecule has 6 heteroatoms. The van der Waals surface area contributed by atoms with E-state index in [4.69, 9.17) is 4.74 Å². The molecule has 0 aromatic heterocycles. The molecule has 2 amide bonds. The van der Waals surface area contributed by atoms with Crippen LogP contribution in [-0.2, 0) is 20.9 Å². The molecule has 1 aromatic rings. The molecule has 0 radical (unpaired) electrons. The highest BCUT2D eigenvalue weighted by atomic mass is 16.5. The van der Waals surface area contributed by atoms with Gasteiger partial charge < -0.3 is 15.4 Å². The molecular weight excluding hydrogens is 318 g/mol. The van der Waals surface area contributed by atoms with E-state index in [0.717, 1.165) is 44.0 Å². The molecule has 2 atom stereocenters. The summed E-state index contributed by atoms with van der Waals surface area (Å²) in [6.07, 6.45) is 0.656. The summed E-state index contributed by atoms with van der Waals surface area (Å²) in [5, 5.41) is 5.91. The first-order valence-corrected chi connectivity index (χ1v) is 9.05. The van der Waals surface area contributed by atoms with Crippen molar-refractivity contribution in [2.75, 3.05) is 39.4 Å². The Kier molecular flexibility index (Phi) is 6.04. The third-order valence-corrected chi connectivity index (χ3v) is 5.01. The van der Waals surface area contributed by atoms with E-state index >= 15 is 0 Å². The second-order valence-corrected chi connectivity index (χ2v) is 6.84. The predicted octanol–water partition coefficient (Wildman–Crippen LogP) is 0.696. The molecule has 1 aliphatic heterocycles. The van der Waals surface area contributed by atoms with Crippen LogP contribution in [0.3, 0.4) is 0 Å². The number of nitrogens with zero attached hydrogens (tertiary/aromatic N) is 1. The van der Waals surface area contributed by atoms with Crippen molar-refractivity contribution < 1.29 is 14.3 Å². The molecule has 0 spiro atoms. The molecule has 2 unspecified atom stereocenters. The molecule has 6 nitrogen and oxygen atoms in total. The average Bonchev–Trinajstić information content (AvgIpc) is 3.43. The van der Waals surface area contributed by atoms with E-state index in [1.54, 1.807) is 0 Å². The number of hydrogen-bond donors (Lipinski definition) is 2. The fraction of sp³-hybridized carbons (Fsp3) is 0.579. The van der Waals surface area contributed by atoms with Crippen molar-refractivity contribution in [3.63, 3.8) is 0 Å². The number of ether oxygens (including phenoxy) is 1. The molecule has 1 aliphatic carbocycles. The van der Waals surface area contributed by atoms with Crippen LogP contribution in [0.4, 0.5) is 0 Å². The monoisotopic (exact) mass is 345 g/mol. The Morgan fingerprint density at radius 1 is 1.12 bits per heavy atom. The van der Waals surface area contributed by atoms with Crippen LogP contribution < -0.4 is 10.6 Å². The number of hydrogen-bond acceptors (Lipinski definition) is 4. The molecule has 25 heavy (non-hydrogen) atoms. The van der Waals surface area contributed by atoms with Crippen molar-refractivity contribution in [1.29, 1.82) is 0 Å². The predicted molar refractivity (Wildman–Crippen MR) is 94.9 cm³/mol. The lowest BCUT2D eigenvalue weighted by Crippen LogP contribution is -2.41. The lowest BCUT2D eigenvalue weighted by molar-refractivity contribution is -0.127. The van der Waals surface area contributed by atoms with Gasteiger partial charge in [-0.15, -0.1) is 0 Å². The number of amides is 2. The first-order valence-electron chi connectivity index (χ1n) is 9.05. The maximum Gasteiger partial charge on any atom is 0.224 e. The van der Waals surface area contributed by atoms with Crippen LogP contribution in [0.2, 0.25) is 0 Å². The fourth-order valence-electron chi connectivity index (χ4n) is 3.19. The van der Waals surface area contributed by atoms with Crippen LogP contribution >= 0.6 is 0 Å². The number of morpholine rings is 1. The van der Waals surface area contributed by atoms with Crippen molar-refractivity contribution in [3.05, 3.63) is 35.4 Å². The summed E-state index contributed by atoms with van der Waals surface area (Å²) in [4.78, 5) is 26.6. The number of carbonyl (C=O) groups is 2. The molecule has 2 N–H and O–H groups in total. The van der Waals surface area contributed by atoms with Gasteiger partial charge >= 0.3 is 0 Å². The number of carbonyl (C=O) groups excluding carboxylic acids is 2. The number of aryl methyl sites for hydroxylation is 1. The zero-order valence-electron chi connectivity index (χ0n) is 14.8. The first-order chi connectivity index (χ1) is 12.1. The molecule has 2 fully saturated rings. The third-order valence-electron chi connectivity index (χ3n) is 5.01. The van der Waals surface area contributed by atoms with E-state index in [-0.39, 0.29) is 23.7 Å². The summed E-state index contributed by atoms with van der Waals surface area (Å²) >= 11 is 0. The van der Waals surface area contributed by atoms with E-state index in [0.29, 0.717) is 19.5 Å². The molecule has 0 bridgehead atoms. The molecule has 3 rings (SSSR count). The van der Waals surface area contributed by atoms with E-state index in [2.05, 4.69) is 15.5 Å². The molecule has 136 valence electrons. The number of nitrogens with one attached hydrogen (secondary N) is 2. The number of benzene rings is 1. The summed E-state index contributed by atoms with van der Waals surface area (Å²) in [7, 11) is 0. The molecular formula is C19H27N3O3. The van der Waals surface area contributed by atoms with Crippen molar-refractivity contribution in [1.82, 2.24) is 15.5 Å². The number of rotatable bonds is 7. The highest BCUT2D eigenvalue weighted by Gasteiger charge is 2.47. The smallest absolute Gasteiger partial charge is 0.224 e. The third kappa shape index (κ3) is 5.03. The Balaban J connectivity index is 1.34. The highest BCUT2D eigenvalue weighted by molar-refractivity contribution is 5.92. The largest absolute Gasteiger partial charge is 0.379 e. The van der Waals surface area contributed by atoms with Gasteiger partial charge in [0.05, 0.1) is 25.0 Å². The van der Waals surface area contributed by atoms with Gasteiger partial charge in [-0.25, -0.2) is 0 Å². The van der Waals surface area contributed by atoms with Gasteiger partial charge in [-0.1, -0.05) is 24.3 Å². The van der Waals surface area contributed by atoms with E-state index in [9.17, 15) is 9.59 Å². The molecule has 1 saturated heterocycles. The van der Waals surface area contributed by atoms with Crippen LogP contribution in [-0.4, -0.2) is 56.1 Å². The molecule has 1 aromatic carbocycles. The van der Waals surface area contributed by atoms with Crippen LogP contribution in [0.15, 0.2) is 24.3 Å². The minimum atomic E-state index is -0.174. The Bertz CT molecular complexity index is 614. The quantitative estimate of drug-likeness (QED) is 0.763. The van der Waals surface area contributed by atoms with Gasteiger partial charge in [0.25, 0.3) is 0 Å². The Morgan fingerprint density at radius 3 is 2.52 bits per heavy atom. The lowest BCUT2D eigenvalue weighted by atomic mass is 10.1. The summed E-state index contributed by atoms with van der Waals surface area (Å²) in [5.74, 6) is -0.352. The van der Waals surface area contributed by atoms with Crippen LogP contribution in [0.5, 0.6) is 0 Å². The lowest BCUT2D eigenvalue weighted by Gasteiger charge is -2.26. The zero-order chi connectivity index (χ0) is 17.6. The van der Waals surface area contributed by atoms with Gasteiger partial charge in [-0.3, -0.25) is 14.5 Å². The van der Waals surface area contributed by atoms with Gasteiger partial charge in [-0.2, -0.15) is 0 Å². The maximum atomic E-state index is 12.2. The summed E-state index contributed by atoms with van der Waals surface area (Å²) < 4.78 is 5.30. The minimum Gasteiger partial charge on any atom is -0.379 e. The Labute approximate surface area is 148 Å².